The van der Waals surface area contributed by atoms with E-state index in [9.17, 15) is 9.18 Å². The molecule has 1 rings (SSSR count). The van der Waals surface area contributed by atoms with Gasteiger partial charge in [0.25, 0.3) is 0 Å². The lowest BCUT2D eigenvalue weighted by Crippen LogP contribution is -2.27. The molecule has 0 saturated heterocycles. The van der Waals surface area contributed by atoms with Gasteiger partial charge in [-0.2, -0.15) is 0 Å². The van der Waals surface area contributed by atoms with Crippen LogP contribution in [0.2, 0.25) is 0 Å². The average Bonchev–Trinajstić information content (AvgIpc) is 2.14. The van der Waals surface area contributed by atoms with E-state index in [1.807, 2.05) is 0 Å². The highest BCUT2D eigenvalue weighted by Crippen LogP contribution is 2.13. The Morgan fingerprint density at radius 3 is 2.71 bits per heavy atom. The number of aromatic nitrogens is 1. The number of pyridine rings is 1. The van der Waals surface area contributed by atoms with Gasteiger partial charge < -0.3 is 4.74 Å². The Morgan fingerprint density at radius 2 is 2.24 bits per heavy atom. The predicted molar refractivity (Wildman–Crippen MR) is 64.1 cm³/mol. The van der Waals surface area contributed by atoms with E-state index >= 15 is 0 Å². The lowest BCUT2D eigenvalue weighted by Gasteiger charge is -2.19. The van der Waals surface area contributed by atoms with E-state index in [0.717, 1.165) is 6.07 Å². The molecule has 0 bridgehead atoms. The summed E-state index contributed by atoms with van der Waals surface area (Å²) in [6.07, 6.45) is 1.96. The molecule has 1 aromatic rings. The molecule has 4 nitrogen and oxygen atoms in total. The number of hydrogen-bond acceptors (Lipinski definition) is 3. The number of carbonyl (C=O) groups is 1. The summed E-state index contributed by atoms with van der Waals surface area (Å²) in [5, 5.41) is 2.34. The van der Waals surface area contributed by atoms with Gasteiger partial charge in [-0.3, -0.25) is 5.32 Å². The summed E-state index contributed by atoms with van der Waals surface area (Å²) in [5.41, 5.74) is -0.330. The number of hydrogen-bond donors (Lipinski definition) is 1. The maximum atomic E-state index is 13.3. The van der Waals surface area contributed by atoms with Crippen molar-refractivity contribution in [3.63, 3.8) is 0 Å². The molecule has 1 heterocycles. The van der Waals surface area contributed by atoms with Crippen LogP contribution in [0, 0.1) is 5.82 Å². The molecular weight excluding hydrogens is 223 g/mol. The Kier molecular flexibility index (Phi) is 3.83. The van der Waals surface area contributed by atoms with Crippen LogP contribution in [-0.2, 0) is 4.74 Å². The molecule has 0 fully saturated rings. The highest BCUT2D eigenvalue weighted by molar-refractivity contribution is 5.83. The molecule has 92 valence electrons. The molecule has 0 saturated carbocycles. The molecule has 0 atom stereocenters. The Morgan fingerprint density at radius 1 is 1.59 bits per heavy atom. The van der Waals surface area contributed by atoms with Crippen molar-refractivity contribution in [2.24, 2.45) is 0 Å². The van der Waals surface area contributed by atoms with E-state index in [1.165, 1.54) is 12.3 Å². The van der Waals surface area contributed by atoms with Gasteiger partial charge in [0.1, 0.15) is 17.2 Å². The largest absolute Gasteiger partial charge is 0.444 e. The number of nitrogens with zero attached hydrogens (tertiary/aromatic N) is 1. The van der Waals surface area contributed by atoms with Crippen molar-refractivity contribution in [3.05, 3.63) is 30.2 Å². The first-order valence-electron chi connectivity index (χ1n) is 5.10. The molecule has 17 heavy (non-hydrogen) atoms. The number of amides is 1. The molecule has 0 aliphatic heterocycles. The van der Waals surface area contributed by atoms with Gasteiger partial charge in [0.15, 0.2) is 0 Å². The molecule has 5 heteroatoms. The minimum Gasteiger partial charge on any atom is -0.444 e. The zero-order chi connectivity index (χ0) is 13.1. The van der Waals surface area contributed by atoms with Gasteiger partial charge in [0.2, 0.25) is 0 Å². The van der Waals surface area contributed by atoms with Crippen LogP contribution in [0.25, 0.3) is 6.08 Å². The number of carbonyl (C=O) groups excluding carboxylic acids is 1. The number of rotatable bonds is 2. The first-order valence-corrected chi connectivity index (χ1v) is 5.10. The third kappa shape index (κ3) is 4.22. The second kappa shape index (κ2) is 4.95. The summed E-state index contributed by atoms with van der Waals surface area (Å²) in [7, 11) is 0. The minimum absolute atomic E-state index is 0.0994. The van der Waals surface area contributed by atoms with Crippen molar-refractivity contribution < 1.29 is 13.9 Å². The number of anilines is 1. The Bertz CT molecular complexity index is 439. The van der Waals surface area contributed by atoms with Crippen LogP contribution in [0.1, 0.15) is 26.3 Å². The minimum atomic E-state index is -0.671. The topological polar surface area (TPSA) is 51.2 Å². The van der Waals surface area contributed by atoms with Gasteiger partial charge >= 0.3 is 6.09 Å². The lowest BCUT2D eigenvalue weighted by atomic mass is 10.2. The summed E-state index contributed by atoms with van der Waals surface area (Å²) >= 11 is 0. The van der Waals surface area contributed by atoms with Crippen LogP contribution in [0.4, 0.5) is 15.0 Å². The van der Waals surface area contributed by atoms with Crippen molar-refractivity contribution in [1.29, 1.82) is 0 Å². The average molecular weight is 238 g/mol. The smallest absolute Gasteiger partial charge is 0.413 e. The SMILES string of the molecule is C=Cc1cnc(NC(=O)OC(C)(C)C)cc1F. The predicted octanol–water partition coefficient (Wildman–Crippen LogP) is 3.21. The van der Waals surface area contributed by atoms with E-state index in [0.29, 0.717) is 0 Å². The summed E-state index contributed by atoms with van der Waals surface area (Å²) in [4.78, 5) is 15.2. The summed E-state index contributed by atoms with van der Waals surface area (Å²) in [6.45, 7) is 8.65. The zero-order valence-electron chi connectivity index (χ0n) is 10.1. The molecule has 0 unspecified atom stereocenters. The normalized spacial score (nSPS) is 10.8. The maximum absolute atomic E-state index is 13.3. The van der Waals surface area contributed by atoms with Crippen molar-refractivity contribution in [2.45, 2.75) is 26.4 Å². The van der Waals surface area contributed by atoms with E-state index in [4.69, 9.17) is 4.74 Å². The standard InChI is InChI=1S/C12H15FN2O2/c1-5-8-7-14-10(6-9(8)13)15-11(16)17-12(2,3)4/h5-7H,1H2,2-4H3,(H,14,15,16). The van der Waals surface area contributed by atoms with Crippen LogP contribution < -0.4 is 5.32 Å². The highest BCUT2D eigenvalue weighted by Gasteiger charge is 2.16. The summed E-state index contributed by atoms with van der Waals surface area (Å²) in [6, 6.07) is 1.11. The fourth-order valence-corrected chi connectivity index (χ4v) is 1.07. The Balaban J connectivity index is 2.73. The van der Waals surface area contributed by atoms with Crippen molar-refractivity contribution in [3.8, 4) is 0 Å². The second-order valence-corrected chi connectivity index (χ2v) is 4.42. The first kappa shape index (κ1) is 13.2. The molecule has 1 amide bonds. The molecule has 0 spiro atoms. The number of ether oxygens (including phenoxy) is 1. The van der Waals surface area contributed by atoms with Crippen molar-refractivity contribution >= 4 is 18.0 Å². The van der Waals surface area contributed by atoms with Gasteiger partial charge in [-0.1, -0.05) is 12.7 Å². The van der Waals surface area contributed by atoms with Crippen LogP contribution in [0.3, 0.4) is 0 Å². The van der Waals surface area contributed by atoms with Gasteiger partial charge in [0.05, 0.1) is 0 Å². The number of nitrogens with one attached hydrogen (secondary N) is 1. The molecular formula is C12H15FN2O2. The van der Waals surface area contributed by atoms with Gasteiger partial charge in [-0.25, -0.2) is 14.2 Å². The van der Waals surface area contributed by atoms with E-state index < -0.39 is 17.5 Å². The van der Waals surface area contributed by atoms with E-state index in [-0.39, 0.29) is 11.4 Å². The van der Waals surface area contributed by atoms with E-state index in [1.54, 1.807) is 20.8 Å². The van der Waals surface area contributed by atoms with Crippen molar-refractivity contribution in [2.75, 3.05) is 5.32 Å². The lowest BCUT2D eigenvalue weighted by molar-refractivity contribution is 0.0635. The third-order valence-electron chi connectivity index (χ3n) is 1.73. The summed E-state index contributed by atoms with van der Waals surface area (Å²) in [5.74, 6) is -0.400. The first-order chi connectivity index (χ1) is 7.81. The van der Waals surface area contributed by atoms with Crippen molar-refractivity contribution in [1.82, 2.24) is 4.98 Å². The van der Waals surface area contributed by atoms with Gasteiger partial charge in [-0.15, -0.1) is 0 Å². The fourth-order valence-electron chi connectivity index (χ4n) is 1.07. The quantitative estimate of drug-likeness (QED) is 0.860. The Hall–Kier alpha value is -1.91. The number of halogens is 1. The molecule has 0 aliphatic rings. The Labute approximate surface area is 99.5 Å². The highest BCUT2D eigenvalue weighted by atomic mass is 19.1. The van der Waals surface area contributed by atoms with Gasteiger partial charge in [-0.05, 0) is 20.8 Å². The molecule has 0 aliphatic carbocycles. The third-order valence-corrected chi connectivity index (χ3v) is 1.73. The van der Waals surface area contributed by atoms with E-state index in [2.05, 4.69) is 16.9 Å². The van der Waals surface area contributed by atoms with Gasteiger partial charge in [0, 0.05) is 17.8 Å². The molecule has 1 aromatic heterocycles. The molecule has 0 radical (unpaired) electrons. The summed E-state index contributed by atoms with van der Waals surface area (Å²) < 4.78 is 18.3. The second-order valence-electron chi connectivity index (χ2n) is 4.42. The zero-order valence-corrected chi connectivity index (χ0v) is 10.1. The van der Waals surface area contributed by atoms with Crippen LogP contribution >= 0.6 is 0 Å². The fraction of sp³-hybridized carbons (Fsp3) is 0.333. The molecule has 1 N–H and O–H groups in total. The van der Waals surface area contributed by atoms with Crippen LogP contribution in [-0.4, -0.2) is 16.7 Å². The maximum Gasteiger partial charge on any atom is 0.413 e. The van der Waals surface area contributed by atoms with Crippen LogP contribution in [0.15, 0.2) is 18.8 Å². The molecule has 0 aromatic carbocycles. The van der Waals surface area contributed by atoms with Crippen LogP contribution in [0.5, 0.6) is 0 Å². The monoisotopic (exact) mass is 238 g/mol.